The van der Waals surface area contributed by atoms with Crippen LogP contribution in [0.5, 0.6) is 0 Å². The summed E-state index contributed by atoms with van der Waals surface area (Å²) in [6.45, 7) is 10.6. The van der Waals surface area contributed by atoms with Crippen molar-refractivity contribution in [2.45, 2.75) is 52.4 Å². The monoisotopic (exact) mass is 345 g/mol. The molecule has 0 radical (unpaired) electrons. The minimum absolute atomic E-state index is 0.104. The first kappa shape index (κ1) is 18.2. The SMILES string of the molecule is CCNC(=NCC(O)c1ccc(C)cc1)NC1C2CCOC2C1(C)C. The van der Waals surface area contributed by atoms with Gasteiger partial charge in [0, 0.05) is 30.5 Å². The molecule has 5 heteroatoms. The normalized spacial score (nSPS) is 28.8. The Kier molecular flexibility index (Phi) is 5.35. The van der Waals surface area contributed by atoms with Crippen molar-refractivity contribution >= 4 is 5.96 Å². The van der Waals surface area contributed by atoms with Gasteiger partial charge < -0.3 is 20.5 Å². The van der Waals surface area contributed by atoms with Crippen LogP contribution >= 0.6 is 0 Å². The van der Waals surface area contributed by atoms with Gasteiger partial charge in [0.15, 0.2) is 5.96 Å². The molecule has 0 spiro atoms. The minimum atomic E-state index is -0.590. The molecule has 2 fully saturated rings. The number of hydrogen-bond donors (Lipinski definition) is 3. The summed E-state index contributed by atoms with van der Waals surface area (Å²) in [5.41, 5.74) is 2.20. The number of nitrogens with one attached hydrogen (secondary N) is 2. The summed E-state index contributed by atoms with van der Waals surface area (Å²) in [7, 11) is 0. The predicted molar refractivity (Wildman–Crippen MR) is 101 cm³/mol. The summed E-state index contributed by atoms with van der Waals surface area (Å²) in [6, 6.07) is 8.32. The zero-order valence-corrected chi connectivity index (χ0v) is 15.7. The van der Waals surface area contributed by atoms with E-state index in [1.807, 2.05) is 31.2 Å². The van der Waals surface area contributed by atoms with E-state index in [-0.39, 0.29) is 5.41 Å². The number of nitrogens with zero attached hydrogens (tertiary/aromatic N) is 1. The summed E-state index contributed by atoms with van der Waals surface area (Å²) in [4.78, 5) is 4.62. The van der Waals surface area contributed by atoms with Crippen LogP contribution in [0.3, 0.4) is 0 Å². The maximum absolute atomic E-state index is 10.4. The van der Waals surface area contributed by atoms with E-state index in [2.05, 4.69) is 36.4 Å². The first-order valence-corrected chi connectivity index (χ1v) is 9.34. The highest BCUT2D eigenvalue weighted by Crippen LogP contribution is 2.52. The molecule has 1 saturated heterocycles. The molecule has 5 nitrogen and oxygen atoms in total. The molecule has 1 saturated carbocycles. The number of fused-ring (bicyclic) bond motifs is 1. The number of guanidine groups is 1. The zero-order chi connectivity index (χ0) is 18.0. The van der Waals surface area contributed by atoms with E-state index < -0.39 is 6.10 Å². The molecule has 0 bridgehead atoms. The predicted octanol–water partition coefficient (Wildman–Crippen LogP) is 2.40. The zero-order valence-electron chi connectivity index (χ0n) is 15.7. The fourth-order valence-electron chi connectivity index (χ4n) is 4.16. The molecule has 1 aliphatic carbocycles. The fraction of sp³-hybridized carbons (Fsp3) is 0.650. The van der Waals surface area contributed by atoms with Gasteiger partial charge in [-0.2, -0.15) is 0 Å². The third-order valence-electron chi connectivity index (χ3n) is 5.62. The van der Waals surface area contributed by atoms with Crippen molar-refractivity contribution < 1.29 is 9.84 Å². The van der Waals surface area contributed by atoms with Crippen LogP contribution in [0.4, 0.5) is 0 Å². The van der Waals surface area contributed by atoms with Crippen molar-refractivity contribution in [3.63, 3.8) is 0 Å². The smallest absolute Gasteiger partial charge is 0.191 e. The van der Waals surface area contributed by atoms with Gasteiger partial charge >= 0.3 is 0 Å². The number of hydrogen-bond acceptors (Lipinski definition) is 3. The Hall–Kier alpha value is -1.59. The lowest BCUT2D eigenvalue weighted by molar-refractivity contribution is -0.106. The van der Waals surface area contributed by atoms with E-state index in [9.17, 15) is 5.11 Å². The lowest BCUT2D eigenvalue weighted by Gasteiger charge is -2.54. The molecule has 1 aromatic carbocycles. The van der Waals surface area contributed by atoms with Gasteiger partial charge in [-0.3, -0.25) is 4.99 Å². The second-order valence-corrected chi connectivity index (χ2v) is 7.83. The quantitative estimate of drug-likeness (QED) is 0.566. The summed E-state index contributed by atoms with van der Waals surface area (Å²) < 4.78 is 5.86. The molecule has 4 atom stereocenters. The van der Waals surface area contributed by atoms with Crippen LogP contribution in [0.25, 0.3) is 0 Å². The Balaban J connectivity index is 1.64. The topological polar surface area (TPSA) is 65.9 Å². The van der Waals surface area contributed by atoms with Crippen LogP contribution < -0.4 is 10.6 Å². The number of benzene rings is 1. The average molecular weight is 345 g/mol. The maximum atomic E-state index is 10.4. The van der Waals surface area contributed by atoms with Crippen molar-refractivity contribution in [3.8, 4) is 0 Å². The Bertz CT molecular complexity index is 612. The van der Waals surface area contributed by atoms with E-state index in [1.165, 1.54) is 5.56 Å². The summed E-state index contributed by atoms with van der Waals surface area (Å²) in [5, 5.41) is 17.3. The number of aliphatic hydroxyl groups is 1. The maximum Gasteiger partial charge on any atom is 0.191 e. The van der Waals surface area contributed by atoms with Gasteiger partial charge in [-0.05, 0) is 25.8 Å². The molecule has 0 aromatic heterocycles. The molecule has 1 heterocycles. The van der Waals surface area contributed by atoms with E-state index in [1.54, 1.807) is 0 Å². The van der Waals surface area contributed by atoms with Crippen LogP contribution in [-0.4, -0.2) is 42.9 Å². The van der Waals surface area contributed by atoms with Crippen LogP contribution in [0.1, 0.15) is 44.4 Å². The van der Waals surface area contributed by atoms with E-state index in [4.69, 9.17) is 4.74 Å². The minimum Gasteiger partial charge on any atom is -0.386 e. The largest absolute Gasteiger partial charge is 0.386 e. The third kappa shape index (κ3) is 3.67. The van der Waals surface area contributed by atoms with Crippen molar-refractivity contribution in [1.82, 2.24) is 10.6 Å². The van der Waals surface area contributed by atoms with Crippen LogP contribution in [0, 0.1) is 18.3 Å². The highest BCUT2D eigenvalue weighted by Gasteiger charge is 2.59. The van der Waals surface area contributed by atoms with Crippen LogP contribution in [0.15, 0.2) is 29.3 Å². The average Bonchev–Trinajstić information content (AvgIpc) is 3.04. The van der Waals surface area contributed by atoms with E-state index in [0.717, 1.165) is 31.1 Å². The molecule has 138 valence electrons. The van der Waals surface area contributed by atoms with Crippen LogP contribution in [-0.2, 0) is 4.74 Å². The van der Waals surface area contributed by atoms with Gasteiger partial charge in [0.1, 0.15) is 0 Å². The first-order chi connectivity index (χ1) is 11.9. The molecule has 1 aliphatic heterocycles. The van der Waals surface area contributed by atoms with Gasteiger partial charge in [0.05, 0.1) is 18.8 Å². The molecular formula is C20H31N3O2. The molecule has 2 aliphatic rings. The number of aryl methyl sites for hydroxylation is 1. The third-order valence-corrected chi connectivity index (χ3v) is 5.62. The Morgan fingerprint density at radius 3 is 2.76 bits per heavy atom. The van der Waals surface area contributed by atoms with Crippen molar-refractivity contribution in [3.05, 3.63) is 35.4 Å². The summed E-state index contributed by atoms with van der Waals surface area (Å²) >= 11 is 0. The van der Waals surface area contributed by atoms with Gasteiger partial charge in [-0.1, -0.05) is 43.7 Å². The van der Waals surface area contributed by atoms with Gasteiger partial charge in [-0.25, -0.2) is 0 Å². The van der Waals surface area contributed by atoms with Gasteiger partial charge in [0.25, 0.3) is 0 Å². The summed E-state index contributed by atoms with van der Waals surface area (Å²) in [6.07, 6.45) is 0.871. The molecule has 25 heavy (non-hydrogen) atoms. The summed E-state index contributed by atoms with van der Waals surface area (Å²) in [5.74, 6) is 1.33. The molecule has 1 aromatic rings. The Morgan fingerprint density at radius 1 is 1.36 bits per heavy atom. The number of ether oxygens (including phenoxy) is 1. The standard InChI is InChI=1S/C20H31N3O2/c1-5-21-19(22-12-16(24)14-8-6-13(2)7-9-14)23-17-15-10-11-25-18(15)20(17,3)4/h6-9,15-18,24H,5,10-12H2,1-4H3,(H2,21,22,23). The number of aliphatic hydroxyl groups excluding tert-OH is 1. The Labute approximate surface area is 150 Å². The first-order valence-electron chi connectivity index (χ1n) is 9.34. The Morgan fingerprint density at radius 2 is 2.08 bits per heavy atom. The second kappa shape index (κ2) is 7.34. The molecule has 3 N–H and O–H groups in total. The highest BCUT2D eigenvalue weighted by atomic mass is 16.5. The van der Waals surface area contributed by atoms with Crippen molar-refractivity contribution in [1.29, 1.82) is 0 Å². The van der Waals surface area contributed by atoms with Gasteiger partial charge in [0.2, 0.25) is 0 Å². The molecule has 0 amide bonds. The number of aliphatic imine (C=N–C) groups is 1. The van der Waals surface area contributed by atoms with Gasteiger partial charge in [-0.15, -0.1) is 0 Å². The van der Waals surface area contributed by atoms with Crippen molar-refractivity contribution in [2.75, 3.05) is 19.7 Å². The second-order valence-electron chi connectivity index (χ2n) is 7.83. The molecule has 3 rings (SSSR count). The van der Waals surface area contributed by atoms with Crippen LogP contribution in [0.2, 0.25) is 0 Å². The van der Waals surface area contributed by atoms with E-state index in [0.29, 0.717) is 24.6 Å². The van der Waals surface area contributed by atoms with E-state index >= 15 is 0 Å². The van der Waals surface area contributed by atoms with Crippen molar-refractivity contribution in [2.24, 2.45) is 16.3 Å². The molecular weight excluding hydrogens is 314 g/mol. The lowest BCUT2D eigenvalue weighted by atomic mass is 9.57. The highest BCUT2D eigenvalue weighted by molar-refractivity contribution is 5.80. The lowest BCUT2D eigenvalue weighted by Crippen LogP contribution is -2.68. The fourth-order valence-corrected chi connectivity index (χ4v) is 4.16. The molecule has 4 unspecified atom stereocenters. The number of rotatable bonds is 5.